The van der Waals surface area contributed by atoms with Crippen LogP contribution < -0.4 is 15.8 Å². The lowest BCUT2D eigenvalue weighted by Crippen LogP contribution is -2.40. The molecule has 1 saturated heterocycles. The van der Waals surface area contributed by atoms with Crippen molar-refractivity contribution in [3.05, 3.63) is 21.2 Å². The van der Waals surface area contributed by atoms with Gasteiger partial charge < -0.3 is 15.2 Å². The number of aromatic nitrogens is 2. The molecule has 1 unspecified atom stereocenters. The first-order valence-corrected chi connectivity index (χ1v) is 6.64. The molecule has 5 nitrogen and oxygen atoms in total. The lowest BCUT2D eigenvalue weighted by atomic mass is 9.98. The molecular weight excluding hydrogens is 284 g/mol. The van der Waals surface area contributed by atoms with Crippen molar-refractivity contribution < 1.29 is 0 Å². The van der Waals surface area contributed by atoms with Gasteiger partial charge in [0.2, 0.25) is 0 Å². The summed E-state index contributed by atoms with van der Waals surface area (Å²) in [5.74, 6) is 1.39. The molecule has 1 aliphatic heterocycles. The van der Waals surface area contributed by atoms with Gasteiger partial charge in [-0.2, -0.15) is 0 Å². The van der Waals surface area contributed by atoms with E-state index in [9.17, 15) is 4.79 Å². The number of piperidine rings is 1. The first-order valence-electron chi connectivity index (χ1n) is 5.85. The highest BCUT2D eigenvalue weighted by atomic mass is 79.9. The minimum absolute atomic E-state index is 0.120. The van der Waals surface area contributed by atoms with Crippen molar-refractivity contribution in [3.63, 3.8) is 0 Å². The van der Waals surface area contributed by atoms with Crippen molar-refractivity contribution in [3.8, 4) is 0 Å². The Kier molecular flexibility index (Phi) is 4.17. The first-order chi connectivity index (χ1) is 8.22. The molecule has 1 aromatic heterocycles. The third-order valence-corrected chi connectivity index (χ3v) is 3.80. The second kappa shape index (κ2) is 5.64. The molecule has 94 valence electrons. The van der Waals surface area contributed by atoms with Gasteiger partial charge in [0.25, 0.3) is 5.56 Å². The van der Waals surface area contributed by atoms with E-state index in [-0.39, 0.29) is 5.56 Å². The summed E-state index contributed by atoms with van der Waals surface area (Å²) in [6.45, 7) is 2.93. The molecule has 0 saturated carbocycles. The highest BCUT2D eigenvalue weighted by molar-refractivity contribution is 9.10. The molecule has 1 aromatic rings. The number of aromatic amines is 1. The Labute approximate surface area is 109 Å². The van der Waals surface area contributed by atoms with Crippen LogP contribution in [0.4, 0.5) is 5.82 Å². The molecule has 1 fully saturated rings. The van der Waals surface area contributed by atoms with Crippen molar-refractivity contribution >= 4 is 21.7 Å². The van der Waals surface area contributed by atoms with Gasteiger partial charge in [-0.3, -0.25) is 4.79 Å². The van der Waals surface area contributed by atoms with Crippen molar-refractivity contribution in [1.29, 1.82) is 0 Å². The van der Waals surface area contributed by atoms with E-state index in [2.05, 4.69) is 36.1 Å². The molecule has 2 rings (SSSR count). The van der Waals surface area contributed by atoms with E-state index in [1.807, 2.05) is 7.05 Å². The number of nitrogens with one attached hydrogen (secondary N) is 2. The molecule has 0 aromatic carbocycles. The maximum Gasteiger partial charge on any atom is 0.267 e. The average molecular weight is 301 g/mol. The quantitative estimate of drug-likeness (QED) is 0.873. The summed E-state index contributed by atoms with van der Waals surface area (Å²) in [5.41, 5.74) is -0.120. The van der Waals surface area contributed by atoms with E-state index < -0.39 is 0 Å². The van der Waals surface area contributed by atoms with Gasteiger partial charge in [-0.25, -0.2) is 4.98 Å². The predicted octanol–water partition coefficient (Wildman–Crippen LogP) is 0.968. The van der Waals surface area contributed by atoms with Crippen LogP contribution in [0.2, 0.25) is 0 Å². The van der Waals surface area contributed by atoms with Crippen LogP contribution in [0, 0.1) is 5.92 Å². The summed E-state index contributed by atoms with van der Waals surface area (Å²) in [6, 6.07) is 0. The predicted molar refractivity (Wildman–Crippen MR) is 71.4 cm³/mol. The van der Waals surface area contributed by atoms with E-state index >= 15 is 0 Å². The summed E-state index contributed by atoms with van der Waals surface area (Å²) >= 11 is 3.31. The Bertz CT molecular complexity index is 432. The zero-order chi connectivity index (χ0) is 12.3. The van der Waals surface area contributed by atoms with Gasteiger partial charge >= 0.3 is 0 Å². The van der Waals surface area contributed by atoms with Crippen LogP contribution >= 0.6 is 15.9 Å². The van der Waals surface area contributed by atoms with Crippen molar-refractivity contribution in [2.45, 2.75) is 12.8 Å². The van der Waals surface area contributed by atoms with Crippen LogP contribution in [0.3, 0.4) is 0 Å². The number of halogens is 1. The SMILES string of the molecule is CNCC1CCCN(c2nc[nH]c(=O)c2Br)C1. The van der Waals surface area contributed by atoms with Crippen LogP contribution in [0.15, 0.2) is 15.6 Å². The Balaban J connectivity index is 2.16. The standard InChI is InChI=1S/C11H17BrN4O/c1-13-5-8-3-2-4-16(6-8)10-9(12)11(17)15-7-14-10/h7-8,13H,2-6H2,1H3,(H,14,15,17). The number of hydrogen-bond acceptors (Lipinski definition) is 4. The van der Waals surface area contributed by atoms with Gasteiger partial charge in [0, 0.05) is 13.1 Å². The summed E-state index contributed by atoms with van der Waals surface area (Å²) in [7, 11) is 1.97. The average Bonchev–Trinajstić information content (AvgIpc) is 2.33. The second-order valence-electron chi connectivity index (χ2n) is 4.38. The van der Waals surface area contributed by atoms with Crippen LogP contribution in [-0.4, -0.2) is 36.6 Å². The van der Waals surface area contributed by atoms with E-state index in [0.29, 0.717) is 10.4 Å². The van der Waals surface area contributed by atoms with Gasteiger partial charge in [-0.05, 0) is 48.3 Å². The molecule has 0 bridgehead atoms. The van der Waals surface area contributed by atoms with Crippen LogP contribution in [-0.2, 0) is 0 Å². The third-order valence-electron chi connectivity index (χ3n) is 3.09. The number of rotatable bonds is 3. The van der Waals surface area contributed by atoms with E-state index in [1.54, 1.807) is 0 Å². The summed E-state index contributed by atoms with van der Waals surface area (Å²) < 4.78 is 0.533. The van der Waals surface area contributed by atoms with Gasteiger partial charge in [0.15, 0.2) is 0 Å². The van der Waals surface area contributed by atoms with Crippen LogP contribution in [0.25, 0.3) is 0 Å². The minimum atomic E-state index is -0.120. The molecule has 0 amide bonds. The summed E-state index contributed by atoms with van der Waals surface area (Å²) in [6.07, 6.45) is 3.84. The Morgan fingerprint density at radius 3 is 3.29 bits per heavy atom. The van der Waals surface area contributed by atoms with E-state index in [4.69, 9.17) is 0 Å². The molecule has 2 N–H and O–H groups in total. The van der Waals surface area contributed by atoms with Crippen molar-refractivity contribution in [2.75, 3.05) is 31.6 Å². The van der Waals surface area contributed by atoms with Gasteiger partial charge in [-0.15, -0.1) is 0 Å². The third kappa shape index (κ3) is 2.87. The van der Waals surface area contributed by atoms with Gasteiger partial charge in [0.1, 0.15) is 10.3 Å². The monoisotopic (exact) mass is 300 g/mol. The smallest absolute Gasteiger partial charge is 0.267 e. The topological polar surface area (TPSA) is 61.0 Å². The van der Waals surface area contributed by atoms with Gasteiger partial charge in [-0.1, -0.05) is 0 Å². The van der Waals surface area contributed by atoms with Crippen molar-refractivity contribution in [2.24, 2.45) is 5.92 Å². The van der Waals surface area contributed by atoms with Crippen LogP contribution in [0.1, 0.15) is 12.8 Å². The fraction of sp³-hybridized carbons (Fsp3) is 0.636. The highest BCUT2D eigenvalue weighted by Crippen LogP contribution is 2.24. The van der Waals surface area contributed by atoms with Gasteiger partial charge in [0.05, 0.1) is 6.33 Å². The molecule has 6 heteroatoms. The molecular formula is C11H17BrN4O. The molecule has 0 aliphatic carbocycles. The van der Waals surface area contributed by atoms with Crippen molar-refractivity contribution in [1.82, 2.24) is 15.3 Å². The molecule has 1 atom stereocenters. The fourth-order valence-electron chi connectivity index (χ4n) is 2.31. The summed E-state index contributed by atoms with van der Waals surface area (Å²) in [4.78, 5) is 20.5. The number of H-pyrrole nitrogens is 1. The number of hydrogen-bond donors (Lipinski definition) is 2. The summed E-state index contributed by atoms with van der Waals surface area (Å²) in [5, 5.41) is 3.21. The second-order valence-corrected chi connectivity index (χ2v) is 5.17. The number of nitrogens with zero attached hydrogens (tertiary/aromatic N) is 2. The maximum atomic E-state index is 11.5. The molecule has 1 aliphatic rings. The van der Waals surface area contributed by atoms with E-state index in [1.165, 1.54) is 12.7 Å². The number of anilines is 1. The molecule has 0 spiro atoms. The molecule has 0 radical (unpaired) electrons. The Morgan fingerprint density at radius 2 is 2.53 bits per heavy atom. The lowest BCUT2D eigenvalue weighted by molar-refractivity contribution is 0.400. The molecule has 2 heterocycles. The van der Waals surface area contributed by atoms with E-state index in [0.717, 1.165) is 31.9 Å². The fourth-order valence-corrected chi connectivity index (χ4v) is 2.77. The normalized spacial score (nSPS) is 20.6. The minimum Gasteiger partial charge on any atom is -0.355 e. The Morgan fingerprint density at radius 1 is 1.71 bits per heavy atom. The maximum absolute atomic E-state index is 11.5. The zero-order valence-electron chi connectivity index (χ0n) is 9.87. The Hall–Kier alpha value is -0.880. The first kappa shape index (κ1) is 12.6. The van der Waals surface area contributed by atoms with Crippen LogP contribution in [0.5, 0.6) is 0 Å². The molecule has 17 heavy (non-hydrogen) atoms. The largest absolute Gasteiger partial charge is 0.355 e. The zero-order valence-corrected chi connectivity index (χ0v) is 11.5. The lowest BCUT2D eigenvalue weighted by Gasteiger charge is -2.33. The highest BCUT2D eigenvalue weighted by Gasteiger charge is 2.22.